The van der Waals surface area contributed by atoms with Gasteiger partial charge in [0, 0.05) is 25.5 Å². The Morgan fingerprint density at radius 3 is 2.56 bits per heavy atom. The highest BCUT2D eigenvalue weighted by molar-refractivity contribution is 4.90. The Kier molecular flexibility index (Phi) is 2.89. The summed E-state index contributed by atoms with van der Waals surface area (Å²) >= 11 is 0. The molecule has 0 aliphatic heterocycles. The third-order valence-corrected chi connectivity index (χ3v) is 2.57. The normalized spacial score (nSPS) is 10.9. The first-order valence-electron chi connectivity index (χ1n) is 5.38. The molecular weight excluding hydrogens is 206 g/mol. The minimum Gasteiger partial charge on any atom is -0.300 e. The molecule has 0 aromatic carbocycles. The van der Waals surface area contributed by atoms with Gasteiger partial charge in [-0.3, -0.25) is 9.13 Å². The van der Waals surface area contributed by atoms with Crippen molar-refractivity contribution in [2.45, 2.75) is 33.5 Å². The van der Waals surface area contributed by atoms with E-state index in [1.165, 1.54) is 6.33 Å². The van der Waals surface area contributed by atoms with Crippen LogP contribution in [-0.2, 0) is 19.6 Å². The molecular formula is C10H15N5O. The standard InChI is InChI=1S/C10H15N5O/c1-3-13-5-6-14(10(13)16)7-9-11-8-12-15(9)4-2/h5-6,8H,3-4,7H2,1-2H3. The maximum atomic E-state index is 11.8. The molecule has 6 nitrogen and oxygen atoms in total. The zero-order chi connectivity index (χ0) is 11.5. The average molecular weight is 221 g/mol. The van der Waals surface area contributed by atoms with Gasteiger partial charge in [0.25, 0.3) is 0 Å². The van der Waals surface area contributed by atoms with E-state index in [0.717, 1.165) is 12.4 Å². The van der Waals surface area contributed by atoms with Crippen LogP contribution in [0, 0.1) is 0 Å². The van der Waals surface area contributed by atoms with Crippen molar-refractivity contribution in [1.82, 2.24) is 23.9 Å². The molecule has 0 unspecified atom stereocenters. The Balaban J connectivity index is 2.27. The van der Waals surface area contributed by atoms with Crippen molar-refractivity contribution >= 4 is 0 Å². The van der Waals surface area contributed by atoms with Gasteiger partial charge in [0.2, 0.25) is 0 Å². The van der Waals surface area contributed by atoms with Crippen molar-refractivity contribution in [1.29, 1.82) is 0 Å². The summed E-state index contributed by atoms with van der Waals surface area (Å²) in [6.45, 7) is 5.86. The first-order chi connectivity index (χ1) is 7.76. The second kappa shape index (κ2) is 4.34. The van der Waals surface area contributed by atoms with E-state index in [4.69, 9.17) is 0 Å². The van der Waals surface area contributed by atoms with Crippen molar-refractivity contribution in [3.05, 3.63) is 35.0 Å². The Morgan fingerprint density at radius 1 is 1.19 bits per heavy atom. The van der Waals surface area contributed by atoms with Gasteiger partial charge in [0.1, 0.15) is 12.2 Å². The molecule has 0 atom stereocenters. The largest absolute Gasteiger partial charge is 0.328 e. The highest BCUT2D eigenvalue weighted by Crippen LogP contribution is 1.97. The molecule has 0 amide bonds. The Hall–Kier alpha value is -1.85. The summed E-state index contributed by atoms with van der Waals surface area (Å²) in [5.74, 6) is 0.804. The molecule has 0 aliphatic rings. The maximum Gasteiger partial charge on any atom is 0.328 e. The lowest BCUT2D eigenvalue weighted by Crippen LogP contribution is -2.25. The summed E-state index contributed by atoms with van der Waals surface area (Å²) in [4.78, 5) is 15.9. The Bertz CT molecular complexity index is 521. The van der Waals surface area contributed by atoms with Crippen molar-refractivity contribution in [2.24, 2.45) is 0 Å². The van der Waals surface area contributed by atoms with Gasteiger partial charge in [-0.25, -0.2) is 14.5 Å². The first-order valence-corrected chi connectivity index (χ1v) is 5.38. The Morgan fingerprint density at radius 2 is 1.94 bits per heavy atom. The summed E-state index contributed by atoms with van der Waals surface area (Å²) in [5, 5.41) is 4.07. The minimum absolute atomic E-state index is 0.00634. The number of hydrogen-bond donors (Lipinski definition) is 0. The monoisotopic (exact) mass is 221 g/mol. The van der Waals surface area contributed by atoms with Crippen LogP contribution in [0.5, 0.6) is 0 Å². The van der Waals surface area contributed by atoms with Gasteiger partial charge in [-0.2, -0.15) is 5.10 Å². The molecule has 0 bridgehead atoms. The van der Waals surface area contributed by atoms with E-state index in [1.54, 1.807) is 26.2 Å². The van der Waals surface area contributed by atoms with Crippen LogP contribution in [0.15, 0.2) is 23.5 Å². The van der Waals surface area contributed by atoms with Gasteiger partial charge in [-0.05, 0) is 13.8 Å². The highest BCUT2D eigenvalue weighted by atomic mass is 16.1. The zero-order valence-corrected chi connectivity index (χ0v) is 9.50. The number of aromatic nitrogens is 5. The summed E-state index contributed by atoms with van der Waals surface area (Å²) < 4.78 is 5.09. The lowest BCUT2D eigenvalue weighted by Gasteiger charge is -2.02. The molecule has 16 heavy (non-hydrogen) atoms. The predicted molar refractivity (Wildman–Crippen MR) is 59.2 cm³/mol. The van der Waals surface area contributed by atoms with Crippen LogP contribution in [0.25, 0.3) is 0 Å². The van der Waals surface area contributed by atoms with E-state index in [0.29, 0.717) is 13.1 Å². The molecule has 2 rings (SSSR count). The SMILES string of the molecule is CCn1ncnc1Cn1ccn(CC)c1=O. The second-order valence-corrected chi connectivity index (χ2v) is 3.49. The van der Waals surface area contributed by atoms with Gasteiger partial charge in [-0.1, -0.05) is 0 Å². The number of imidazole rings is 1. The summed E-state index contributed by atoms with van der Waals surface area (Å²) in [6.07, 6.45) is 5.08. The van der Waals surface area contributed by atoms with Crippen LogP contribution >= 0.6 is 0 Å². The van der Waals surface area contributed by atoms with E-state index in [-0.39, 0.29) is 5.69 Å². The summed E-state index contributed by atoms with van der Waals surface area (Å²) in [5.41, 5.74) is -0.00634. The highest BCUT2D eigenvalue weighted by Gasteiger charge is 2.06. The van der Waals surface area contributed by atoms with Crippen LogP contribution in [0.3, 0.4) is 0 Å². The quantitative estimate of drug-likeness (QED) is 0.747. The van der Waals surface area contributed by atoms with E-state index in [1.807, 2.05) is 13.8 Å². The van der Waals surface area contributed by atoms with E-state index in [2.05, 4.69) is 10.1 Å². The molecule has 0 fully saturated rings. The second-order valence-electron chi connectivity index (χ2n) is 3.49. The maximum absolute atomic E-state index is 11.8. The molecule has 0 aliphatic carbocycles. The van der Waals surface area contributed by atoms with Gasteiger partial charge in [-0.15, -0.1) is 0 Å². The number of hydrogen-bond acceptors (Lipinski definition) is 3. The first kappa shape index (κ1) is 10.7. The van der Waals surface area contributed by atoms with E-state index in [9.17, 15) is 4.79 Å². The van der Waals surface area contributed by atoms with Crippen LogP contribution < -0.4 is 5.69 Å². The smallest absolute Gasteiger partial charge is 0.300 e. The van der Waals surface area contributed by atoms with Crippen molar-refractivity contribution in [3.8, 4) is 0 Å². The summed E-state index contributed by atoms with van der Waals surface area (Å²) in [7, 11) is 0. The van der Waals surface area contributed by atoms with Crippen molar-refractivity contribution in [3.63, 3.8) is 0 Å². The molecule has 0 N–H and O–H groups in total. The van der Waals surface area contributed by atoms with Gasteiger partial charge in [0.05, 0.1) is 6.54 Å². The fraction of sp³-hybridized carbons (Fsp3) is 0.500. The fourth-order valence-electron chi connectivity index (χ4n) is 1.64. The predicted octanol–water partition coefficient (Wildman–Crippen LogP) is 0.329. The lowest BCUT2D eigenvalue weighted by molar-refractivity contribution is 0.577. The van der Waals surface area contributed by atoms with Crippen LogP contribution in [0.1, 0.15) is 19.7 Å². The molecule has 2 aromatic rings. The lowest BCUT2D eigenvalue weighted by atomic mass is 10.5. The molecule has 0 spiro atoms. The zero-order valence-electron chi connectivity index (χ0n) is 9.50. The van der Waals surface area contributed by atoms with E-state index < -0.39 is 0 Å². The van der Waals surface area contributed by atoms with Gasteiger partial charge in [0.15, 0.2) is 0 Å². The van der Waals surface area contributed by atoms with Crippen LogP contribution in [0.2, 0.25) is 0 Å². The number of nitrogens with zero attached hydrogens (tertiary/aromatic N) is 5. The van der Waals surface area contributed by atoms with Crippen molar-refractivity contribution < 1.29 is 0 Å². The fourth-order valence-corrected chi connectivity index (χ4v) is 1.64. The topological polar surface area (TPSA) is 57.6 Å². The third kappa shape index (κ3) is 1.78. The number of rotatable bonds is 4. The van der Waals surface area contributed by atoms with Crippen LogP contribution in [0.4, 0.5) is 0 Å². The molecule has 0 saturated heterocycles. The molecule has 0 radical (unpaired) electrons. The number of aryl methyl sites for hydroxylation is 2. The van der Waals surface area contributed by atoms with Crippen LogP contribution in [-0.4, -0.2) is 23.9 Å². The molecule has 86 valence electrons. The summed E-state index contributed by atoms with van der Waals surface area (Å²) in [6, 6.07) is 0. The average Bonchev–Trinajstić information content (AvgIpc) is 2.87. The van der Waals surface area contributed by atoms with E-state index >= 15 is 0 Å². The van der Waals surface area contributed by atoms with Gasteiger partial charge < -0.3 is 0 Å². The van der Waals surface area contributed by atoms with Gasteiger partial charge >= 0.3 is 5.69 Å². The minimum atomic E-state index is -0.00634. The Labute approximate surface area is 93.2 Å². The molecule has 0 saturated carbocycles. The third-order valence-electron chi connectivity index (χ3n) is 2.57. The van der Waals surface area contributed by atoms with Crippen molar-refractivity contribution in [2.75, 3.05) is 0 Å². The molecule has 6 heteroatoms. The molecule has 2 heterocycles. The molecule has 2 aromatic heterocycles.